The largest absolute Gasteiger partial charge is 0.331 e. The summed E-state index contributed by atoms with van der Waals surface area (Å²) in [5.41, 5.74) is 3.09. The van der Waals surface area contributed by atoms with E-state index >= 15 is 0 Å². The highest BCUT2D eigenvalue weighted by Gasteiger charge is 2.31. The Kier molecular flexibility index (Phi) is 4.18. The molecule has 0 bridgehead atoms. The summed E-state index contributed by atoms with van der Waals surface area (Å²) in [6.45, 7) is 0.849. The van der Waals surface area contributed by atoms with Gasteiger partial charge in [-0.2, -0.15) is 0 Å². The molecule has 0 saturated carbocycles. The zero-order valence-electron chi connectivity index (χ0n) is 13.4. The molecule has 0 radical (unpaired) electrons. The normalized spacial score (nSPS) is 17.2. The van der Waals surface area contributed by atoms with Crippen LogP contribution in [0.2, 0.25) is 0 Å². The molecule has 0 aliphatic carbocycles. The summed E-state index contributed by atoms with van der Waals surface area (Å²) in [5.74, 6) is 0.144. The van der Waals surface area contributed by atoms with Gasteiger partial charge >= 0.3 is 0 Å². The van der Waals surface area contributed by atoms with Gasteiger partial charge in [-0.25, -0.2) is 0 Å². The number of carbonyl (C=O) groups excluding carboxylic acids is 1. The van der Waals surface area contributed by atoms with E-state index in [2.05, 4.69) is 29.6 Å². The molecule has 1 unspecified atom stereocenters. The van der Waals surface area contributed by atoms with E-state index < -0.39 is 0 Å². The highest BCUT2D eigenvalue weighted by Crippen LogP contribution is 2.35. The lowest BCUT2D eigenvalue weighted by molar-refractivity contribution is 0.0738. The maximum atomic E-state index is 12.9. The highest BCUT2D eigenvalue weighted by atomic mass is 32.1. The van der Waals surface area contributed by atoms with Crippen LogP contribution in [-0.4, -0.2) is 17.4 Å². The molecule has 0 spiro atoms. The first-order valence-electron chi connectivity index (χ1n) is 8.33. The van der Waals surface area contributed by atoms with E-state index in [1.165, 1.54) is 10.4 Å². The predicted octanol–water partition coefficient (Wildman–Crippen LogP) is 5.39. The van der Waals surface area contributed by atoms with Crippen LogP contribution in [0.25, 0.3) is 11.1 Å². The molecule has 1 saturated heterocycles. The third-order valence-corrected chi connectivity index (χ3v) is 5.60. The van der Waals surface area contributed by atoms with Crippen LogP contribution in [0, 0.1) is 0 Å². The molecular weight excluding hydrogens is 314 g/mol. The number of benzene rings is 2. The van der Waals surface area contributed by atoms with Crippen molar-refractivity contribution in [2.45, 2.75) is 18.9 Å². The number of carbonyl (C=O) groups is 1. The zero-order chi connectivity index (χ0) is 16.4. The van der Waals surface area contributed by atoms with Gasteiger partial charge in [0, 0.05) is 17.0 Å². The molecule has 0 N–H and O–H groups in total. The van der Waals surface area contributed by atoms with Gasteiger partial charge in [-0.15, -0.1) is 11.3 Å². The minimum absolute atomic E-state index is 0.144. The molecule has 120 valence electrons. The molecule has 1 atom stereocenters. The van der Waals surface area contributed by atoms with Gasteiger partial charge in [-0.05, 0) is 47.5 Å². The highest BCUT2D eigenvalue weighted by molar-refractivity contribution is 7.10. The Morgan fingerprint density at radius 2 is 1.67 bits per heavy atom. The lowest BCUT2D eigenvalue weighted by Crippen LogP contribution is -2.30. The molecule has 2 nitrogen and oxygen atoms in total. The predicted molar refractivity (Wildman–Crippen MR) is 99.2 cm³/mol. The quantitative estimate of drug-likeness (QED) is 0.629. The Labute approximate surface area is 146 Å². The molecule has 2 aromatic carbocycles. The van der Waals surface area contributed by atoms with Gasteiger partial charge in [-0.1, -0.05) is 48.5 Å². The molecule has 3 aromatic rings. The molecule has 4 rings (SSSR count). The average molecular weight is 333 g/mol. The van der Waals surface area contributed by atoms with Gasteiger partial charge in [0.25, 0.3) is 5.91 Å². The first-order valence-corrected chi connectivity index (χ1v) is 9.21. The molecule has 1 fully saturated rings. The van der Waals surface area contributed by atoms with E-state index in [1.54, 1.807) is 11.3 Å². The Bertz CT molecular complexity index is 809. The van der Waals surface area contributed by atoms with Gasteiger partial charge in [0.15, 0.2) is 0 Å². The molecule has 1 aliphatic heterocycles. The van der Waals surface area contributed by atoms with Crippen LogP contribution in [0.15, 0.2) is 72.1 Å². The Hall–Kier alpha value is -2.39. The van der Waals surface area contributed by atoms with Crippen LogP contribution in [0.1, 0.15) is 34.1 Å². The van der Waals surface area contributed by atoms with E-state index in [0.29, 0.717) is 0 Å². The minimum atomic E-state index is 0.144. The minimum Gasteiger partial charge on any atom is -0.331 e. The fraction of sp³-hybridized carbons (Fsp3) is 0.190. The van der Waals surface area contributed by atoms with Crippen LogP contribution < -0.4 is 0 Å². The van der Waals surface area contributed by atoms with E-state index in [9.17, 15) is 4.79 Å². The van der Waals surface area contributed by atoms with E-state index in [1.807, 2.05) is 47.4 Å². The Morgan fingerprint density at radius 1 is 0.917 bits per heavy atom. The van der Waals surface area contributed by atoms with Crippen molar-refractivity contribution < 1.29 is 4.79 Å². The van der Waals surface area contributed by atoms with Gasteiger partial charge in [0.05, 0.1) is 6.04 Å². The number of thiophene rings is 1. The molecule has 24 heavy (non-hydrogen) atoms. The summed E-state index contributed by atoms with van der Waals surface area (Å²) in [6, 6.07) is 22.7. The second-order valence-electron chi connectivity index (χ2n) is 6.12. The monoisotopic (exact) mass is 333 g/mol. The first kappa shape index (κ1) is 15.2. The van der Waals surface area contributed by atoms with Crippen molar-refractivity contribution in [3.8, 4) is 11.1 Å². The van der Waals surface area contributed by atoms with Crippen molar-refractivity contribution in [1.29, 1.82) is 0 Å². The number of amides is 1. The van der Waals surface area contributed by atoms with Gasteiger partial charge < -0.3 is 4.90 Å². The van der Waals surface area contributed by atoms with E-state index in [-0.39, 0.29) is 11.9 Å². The van der Waals surface area contributed by atoms with Crippen LogP contribution in [0.4, 0.5) is 0 Å². The number of hydrogen-bond acceptors (Lipinski definition) is 2. The van der Waals surface area contributed by atoms with Gasteiger partial charge in [0.1, 0.15) is 0 Å². The molecule has 1 aromatic heterocycles. The maximum absolute atomic E-state index is 12.9. The van der Waals surface area contributed by atoms with E-state index in [0.717, 1.165) is 30.5 Å². The summed E-state index contributed by atoms with van der Waals surface area (Å²) >= 11 is 1.74. The standard InChI is InChI=1S/C21H19NOS/c23-21(22-14-4-8-19(22)20-9-5-15-24-20)18-12-10-17(11-13-18)16-6-2-1-3-7-16/h1-3,5-7,9-13,15,19H,4,8,14H2. The van der Waals surface area contributed by atoms with Crippen LogP contribution in [-0.2, 0) is 0 Å². The van der Waals surface area contributed by atoms with Gasteiger partial charge in [-0.3, -0.25) is 4.79 Å². The Morgan fingerprint density at radius 3 is 2.38 bits per heavy atom. The number of hydrogen-bond donors (Lipinski definition) is 0. The third kappa shape index (κ3) is 2.87. The number of nitrogens with zero attached hydrogens (tertiary/aromatic N) is 1. The second-order valence-corrected chi connectivity index (χ2v) is 7.09. The SMILES string of the molecule is O=C(c1ccc(-c2ccccc2)cc1)N1CCCC1c1cccs1. The smallest absolute Gasteiger partial charge is 0.254 e. The molecule has 2 heterocycles. The second kappa shape index (κ2) is 6.62. The number of rotatable bonds is 3. The molecule has 1 amide bonds. The van der Waals surface area contributed by atoms with Crippen LogP contribution in [0.5, 0.6) is 0 Å². The molecule has 1 aliphatic rings. The number of likely N-dealkylation sites (tertiary alicyclic amines) is 1. The van der Waals surface area contributed by atoms with Crippen molar-refractivity contribution in [3.63, 3.8) is 0 Å². The fourth-order valence-electron chi connectivity index (χ4n) is 3.39. The van der Waals surface area contributed by atoms with Crippen molar-refractivity contribution in [3.05, 3.63) is 82.6 Å². The lowest BCUT2D eigenvalue weighted by atomic mass is 10.0. The molecule has 3 heteroatoms. The summed E-state index contributed by atoms with van der Waals surface area (Å²) in [4.78, 5) is 16.3. The van der Waals surface area contributed by atoms with Crippen LogP contribution in [0.3, 0.4) is 0 Å². The van der Waals surface area contributed by atoms with E-state index in [4.69, 9.17) is 0 Å². The Balaban J connectivity index is 1.56. The van der Waals surface area contributed by atoms with Gasteiger partial charge in [0.2, 0.25) is 0 Å². The zero-order valence-corrected chi connectivity index (χ0v) is 14.2. The summed E-state index contributed by atoms with van der Waals surface area (Å²) in [5, 5.41) is 2.09. The van der Waals surface area contributed by atoms with Crippen LogP contribution >= 0.6 is 11.3 Å². The maximum Gasteiger partial charge on any atom is 0.254 e. The van der Waals surface area contributed by atoms with Crippen molar-refractivity contribution in [2.75, 3.05) is 6.54 Å². The van der Waals surface area contributed by atoms with Crippen molar-refractivity contribution >= 4 is 17.2 Å². The first-order chi connectivity index (χ1) is 11.8. The fourth-order valence-corrected chi connectivity index (χ4v) is 4.26. The summed E-state index contributed by atoms with van der Waals surface area (Å²) in [6.07, 6.45) is 2.14. The topological polar surface area (TPSA) is 20.3 Å². The summed E-state index contributed by atoms with van der Waals surface area (Å²) in [7, 11) is 0. The van der Waals surface area contributed by atoms with Crippen molar-refractivity contribution in [1.82, 2.24) is 4.90 Å². The molecular formula is C21H19NOS. The lowest BCUT2D eigenvalue weighted by Gasteiger charge is -2.24. The average Bonchev–Trinajstić information content (AvgIpc) is 3.33. The third-order valence-electron chi connectivity index (χ3n) is 4.62. The summed E-state index contributed by atoms with van der Waals surface area (Å²) < 4.78 is 0. The van der Waals surface area contributed by atoms with Crippen molar-refractivity contribution in [2.24, 2.45) is 0 Å².